The highest BCUT2D eigenvalue weighted by Crippen LogP contribution is 2.25. The molecule has 2 aromatic rings. The maximum atomic E-state index is 12.3. The summed E-state index contributed by atoms with van der Waals surface area (Å²) in [6, 6.07) is 0. The van der Waals surface area contributed by atoms with E-state index in [1.165, 1.54) is 6.26 Å². The van der Waals surface area contributed by atoms with Gasteiger partial charge in [0.15, 0.2) is 10.8 Å². The lowest BCUT2D eigenvalue weighted by atomic mass is 10.1. The molecule has 6 nitrogen and oxygen atoms in total. The van der Waals surface area contributed by atoms with Crippen molar-refractivity contribution in [2.75, 3.05) is 0 Å². The molecule has 0 radical (unpaired) electrons. The van der Waals surface area contributed by atoms with E-state index in [9.17, 15) is 4.79 Å². The maximum absolute atomic E-state index is 12.3. The Kier molecular flexibility index (Phi) is 5.44. The summed E-state index contributed by atoms with van der Waals surface area (Å²) < 4.78 is 14.6. The summed E-state index contributed by atoms with van der Waals surface area (Å²) in [5, 5.41) is 3.97. The first-order valence-electron chi connectivity index (χ1n) is 7.11. The summed E-state index contributed by atoms with van der Waals surface area (Å²) in [6.07, 6.45) is 5.11. The molecule has 7 heteroatoms. The molecule has 0 aliphatic heterocycles. The van der Waals surface area contributed by atoms with Crippen LogP contribution in [0.4, 0.5) is 0 Å². The Morgan fingerprint density at radius 1 is 1.38 bits per heavy atom. The molecule has 0 saturated heterocycles. The topological polar surface area (TPSA) is 78.1 Å². The van der Waals surface area contributed by atoms with Crippen LogP contribution in [0.5, 0.6) is 0 Å². The Morgan fingerprint density at radius 3 is 2.67 bits per heavy atom. The fraction of sp³-hybridized carbons (Fsp3) is 0.571. The van der Waals surface area contributed by atoms with E-state index in [4.69, 9.17) is 9.15 Å². The zero-order chi connectivity index (χ0) is 15.2. The summed E-state index contributed by atoms with van der Waals surface area (Å²) >= 11 is 1.02. The third-order valence-corrected chi connectivity index (χ3v) is 3.74. The third kappa shape index (κ3) is 3.87. The lowest BCUT2D eigenvalue weighted by molar-refractivity contribution is 0.0265. The zero-order valence-corrected chi connectivity index (χ0v) is 13.3. The van der Waals surface area contributed by atoms with Gasteiger partial charge in [-0.2, -0.15) is 0 Å². The standard InChI is InChI=1S/C14H19N3O3S/c1-4-6-10(7-5-2)20-14(18)13-12(16-17-21-13)11-8-19-9(3)15-11/h8,10H,4-7H2,1-3H3. The van der Waals surface area contributed by atoms with Crippen molar-refractivity contribution in [1.82, 2.24) is 14.6 Å². The molecule has 0 unspecified atom stereocenters. The Morgan fingerprint density at radius 2 is 2.10 bits per heavy atom. The van der Waals surface area contributed by atoms with Crippen molar-refractivity contribution in [3.8, 4) is 11.4 Å². The fourth-order valence-corrected chi connectivity index (χ4v) is 2.63. The first kappa shape index (κ1) is 15.6. The van der Waals surface area contributed by atoms with Gasteiger partial charge >= 0.3 is 5.97 Å². The number of carbonyl (C=O) groups is 1. The Hall–Kier alpha value is -1.76. The van der Waals surface area contributed by atoms with Crippen molar-refractivity contribution in [3.05, 3.63) is 17.0 Å². The second kappa shape index (κ2) is 7.31. The smallest absolute Gasteiger partial charge is 0.352 e. The van der Waals surface area contributed by atoms with E-state index < -0.39 is 0 Å². The van der Waals surface area contributed by atoms with Crippen molar-refractivity contribution in [1.29, 1.82) is 0 Å². The predicted molar refractivity (Wildman–Crippen MR) is 79.2 cm³/mol. The number of esters is 1. The fourth-order valence-electron chi connectivity index (χ4n) is 2.08. The summed E-state index contributed by atoms with van der Waals surface area (Å²) in [7, 11) is 0. The lowest BCUT2D eigenvalue weighted by Crippen LogP contribution is -2.18. The van der Waals surface area contributed by atoms with Crippen LogP contribution in [0.3, 0.4) is 0 Å². The highest BCUT2D eigenvalue weighted by Gasteiger charge is 2.23. The number of hydrogen-bond donors (Lipinski definition) is 0. The average molecular weight is 309 g/mol. The van der Waals surface area contributed by atoms with Crippen molar-refractivity contribution < 1.29 is 13.9 Å². The van der Waals surface area contributed by atoms with E-state index in [1.807, 2.05) is 0 Å². The predicted octanol–water partition coefficient (Wildman–Crippen LogP) is 3.63. The summed E-state index contributed by atoms with van der Waals surface area (Å²) in [4.78, 5) is 16.9. The van der Waals surface area contributed by atoms with Crippen molar-refractivity contribution in [2.24, 2.45) is 0 Å². The molecule has 0 saturated carbocycles. The van der Waals surface area contributed by atoms with Crippen LogP contribution in [0.2, 0.25) is 0 Å². The third-order valence-electron chi connectivity index (χ3n) is 3.03. The SMILES string of the molecule is CCCC(CCC)OC(=O)c1snnc1-c1coc(C)n1. The first-order valence-corrected chi connectivity index (χ1v) is 7.88. The summed E-state index contributed by atoms with van der Waals surface area (Å²) in [5.41, 5.74) is 0.935. The van der Waals surface area contributed by atoms with E-state index in [1.54, 1.807) is 6.92 Å². The van der Waals surface area contributed by atoms with Gasteiger partial charge in [0, 0.05) is 6.92 Å². The average Bonchev–Trinajstić information content (AvgIpc) is 3.07. The Balaban J connectivity index is 2.14. The van der Waals surface area contributed by atoms with Gasteiger partial charge in [0.1, 0.15) is 23.8 Å². The number of hydrogen-bond acceptors (Lipinski definition) is 7. The van der Waals surface area contributed by atoms with Crippen molar-refractivity contribution in [3.63, 3.8) is 0 Å². The minimum atomic E-state index is -0.382. The van der Waals surface area contributed by atoms with Crippen LogP contribution in [0.25, 0.3) is 11.4 Å². The molecule has 0 spiro atoms. The highest BCUT2D eigenvalue weighted by atomic mass is 32.1. The molecule has 0 aliphatic carbocycles. The van der Waals surface area contributed by atoms with Gasteiger partial charge in [-0.15, -0.1) is 5.10 Å². The van der Waals surface area contributed by atoms with Gasteiger partial charge in [-0.25, -0.2) is 9.78 Å². The molecular weight excluding hydrogens is 290 g/mol. The molecule has 21 heavy (non-hydrogen) atoms. The molecule has 0 aliphatic rings. The quantitative estimate of drug-likeness (QED) is 0.727. The van der Waals surface area contributed by atoms with E-state index in [-0.39, 0.29) is 12.1 Å². The molecule has 0 atom stereocenters. The number of oxazole rings is 1. The second-order valence-electron chi connectivity index (χ2n) is 4.81. The van der Waals surface area contributed by atoms with Crippen LogP contribution >= 0.6 is 11.5 Å². The first-order chi connectivity index (χ1) is 10.2. The van der Waals surface area contributed by atoms with Crippen LogP contribution in [0, 0.1) is 6.92 Å². The van der Waals surface area contributed by atoms with Crippen molar-refractivity contribution >= 4 is 17.5 Å². The zero-order valence-electron chi connectivity index (χ0n) is 12.5. The lowest BCUT2D eigenvalue weighted by Gasteiger charge is -2.15. The van der Waals surface area contributed by atoms with Crippen molar-refractivity contribution in [2.45, 2.75) is 52.6 Å². The number of rotatable bonds is 7. The molecule has 2 heterocycles. The van der Waals surface area contributed by atoms with Gasteiger partial charge in [0.05, 0.1) is 0 Å². The van der Waals surface area contributed by atoms with Gasteiger partial charge in [-0.1, -0.05) is 31.2 Å². The summed E-state index contributed by atoms with van der Waals surface area (Å²) in [5.74, 6) is 0.139. The minimum absolute atomic E-state index is 0.0542. The Bertz CT molecular complexity index is 588. The van der Waals surface area contributed by atoms with Gasteiger partial charge in [-0.3, -0.25) is 0 Å². The molecular formula is C14H19N3O3S. The molecule has 2 aromatic heterocycles. The number of carbonyl (C=O) groups excluding carboxylic acids is 1. The number of nitrogens with zero attached hydrogens (tertiary/aromatic N) is 3. The number of aryl methyl sites for hydroxylation is 1. The van der Waals surface area contributed by atoms with Crippen LogP contribution in [0.15, 0.2) is 10.7 Å². The second-order valence-corrected chi connectivity index (χ2v) is 5.56. The molecule has 114 valence electrons. The molecule has 0 amide bonds. The van der Waals surface area contributed by atoms with Gasteiger partial charge in [0.25, 0.3) is 0 Å². The van der Waals surface area contributed by atoms with Gasteiger partial charge in [0.2, 0.25) is 0 Å². The minimum Gasteiger partial charge on any atom is -0.458 e. The highest BCUT2D eigenvalue weighted by molar-refractivity contribution is 7.08. The maximum Gasteiger partial charge on any atom is 0.352 e. The molecule has 0 aromatic carbocycles. The van der Waals surface area contributed by atoms with Crippen LogP contribution in [-0.4, -0.2) is 26.6 Å². The van der Waals surface area contributed by atoms with E-state index in [0.29, 0.717) is 22.2 Å². The molecule has 2 rings (SSSR count). The van der Waals surface area contributed by atoms with E-state index in [0.717, 1.165) is 37.2 Å². The molecule has 0 N–H and O–H groups in total. The molecule has 0 bridgehead atoms. The normalized spacial score (nSPS) is 11.0. The molecule has 0 fully saturated rings. The largest absolute Gasteiger partial charge is 0.458 e. The summed E-state index contributed by atoms with van der Waals surface area (Å²) in [6.45, 7) is 5.89. The van der Waals surface area contributed by atoms with Crippen LogP contribution in [-0.2, 0) is 4.74 Å². The van der Waals surface area contributed by atoms with E-state index >= 15 is 0 Å². The number of ether oxygens (including phenoxy) is 1. The monoisotopic (exact) mass is 309 g/mol. The van der Waals surface area contributed by atoms with E-state index in [2.05, 4.69) is 28.4 Å². The van der Waals surface area contributed by atoms with Gasteiger partial charge in [-0.05, 0) is 24.4 Å². The Labute approximate surface area is 127 Å². The van der Waals surface area contributed by atoms with Crippen LogP contribution < -0.4 is 0 Å². The van der Waals surface area contributed by atoms with Gasteiger partial charge < -0.3 is 9.15 Å². The van der Waals surface area contributed by atoms with Crippen LogP contribution in [0.1, 0.15) is 55.1 Å². The number of aromatic nitrogens is 3.